The first-order chi connectivity index (χ1) is 6.29. The van der Waals surface area contributed by atoms with Crippen molar-refractivity contribution < 1.29 is 14.4 Å². The van der Waals surface area contributed by atoms with Gasteiger partial charge in [-0.05, 0) is 12.1 Å². The van der Waals surface area contributed by atoms with E-state index in [2.05, 4.69) is 16.6 Å². The van der Waals surface area contributed by atoms with E-state index in [4.69, 9.17) is 4.42 Å². The van der Waals surface area contributed by atoms with Crippen molar-refractivity contribution in [1.29, 1.82) is 0 Å². The van der Waals surface area contributed by atoms with Gasteiger partial charge < -0.3 is 14.4 Å². The lowest BCUT2D eigenvalue weighted by molar-refractivity contribution is 0.203. The fourth-order valence-corrected chi connectivity index (χ4v) is 0.879. The minimum absolute atomic E-state index is 0.308. The first-order valence-electron chi connectivity index (χ1n) is 3.75. The Morgan fingerprint density at radius 1 is 1.85 bits per heavy atom. The standard InChI is InChI=1S/C9H11NO3/c1-3-7(11)9(10-12-2)8-5-4-6-13-8/h3-7,11H,1H2,2H3/b10-9+. The molecule has 0 saturated carbocycles. The molecule has 0 aliphatic rings. The van der Waals surface area contributed by atoms with Gasteiger partial charge in [-0.2, -0.15) is 0 Å². The second kappa shape index (κ2) is 4.47. The van der Waals surface area contributed by atoms with Crippen LogP contribution >= 0.6 is 0 Å². The van der Waals surface area contributed by atoms with Crippen molar-refractivity contribution in [3.8, 4) is 0 Å². The zero-order valence-electron chi connectivity index (χ0n) is 7.30. The van der Waals surface area contributed by atoms with Crippen LogP contribution in [0, 0.1) is 0 Å². The molecule has 1 aromatic heterocycles. The minimum atomic E-state index is -0.883. The molecular weight excluding hydrogens is 170 g/mol. The summed E-state index contributed by atoms with van der Waals surface area (Å²) in [5.74, 6) is 0.467. The van der Waals surface area contributed by atoms with Crippen LogP contribution < -0.4 is 0 Å². The van der Waals surface area contributed by atoms with E-state index in [9.17, 15) is 5.11 Å². The van der Waals surface area contributed by atoms with Gasteiger partial charge in [-0.15, -0.1) is 6.58 Å². The molecule has 0 aliphatic heterocycles. The fraction of sp³-hybridized carbons (Fsp3) is 0.222. The van der Waals surface area contributed by atoms with Gasteiger partial charge in [0.05, 0.1) is 6.26 Å². The first kappa shape index (κ1) is 9.54. The number of furan rings is 1. The number of rotatable bonds is 4. The molecule has 4 heteroatoms. The van der Waals surface area contributed by atoms with E-state index < -0.39 is 6.10 Å². The molecule has 1 rings (SSSR count). The normalized spacial score (nSPS) is 13.8. The SMILES string of the molecule is C=CC(O)/C(=N\OC)c1ccco1. The van der Waals surface area contributed by atoms with Crippen molar-refractivity contribution in [2.45, 2.75) is 6.10 Å². The number of nitrogens with zero attached hydrogens (tertiary/aromatic N) is 1. The summed E-state index contributed by atoms with van der Waals surface area (Å²) in [7, 11) is 1.40. The van der Waals surface area contributed by atoms with E-state index in [1.165, 1.54) is 19.4 Å². The molecule has 0 spiro atoms. The van der Waals surface area contributed by atoms with Gasteiger partial charge in [-0.1, -0.05) is 11.2 Å². The number of hydrogen-bond donors (Lipinski definition) is 1. The van der Waals surface area contributed by atoms with Crippen molar-refractivity contribution in [3.63, 3.8) is 0 Å². The number of aliphatic hydroxyl groups is 1. The Kier molecular flexibility index (Phi) is 3.28. The van der Waals surface area contributed by atoms with Crippen molar-refractivity contribution in [3.05, 3.63) is 36.8 Å². The molecule has 4 nitrogen and oxygen atoms in total. The Balaban J connectivity index is 2.93. The van der Waals surface area contributed by atoms with E-state index in [1.807, 2.05) is 0 Å². The summed E-state index contributed by atoms with van der Waals surface area (Å²) in [6, 6.07) is 3.39. The van der Waals surface area contributed by atoms with Gasteiger partial charge in [0.15, 0.2) is 11.5 Å². The van der Waals surface area contributed by atoms with Crippen molar-refractivity contribution in [2.24, 2.45) is 5.16 Å². The zero-order valence-corrected chi connectivity index (χ0v) is 7.30. The molecule has 13 heavy (non-hydrogen) atoms. The quantitative estimate of drug-likeness (QED) is 0.431. The summed E-state index contributed by atoms with van der Waals surface area (Å²) in [5.41, 5.74) is 0.308. The maximum absolute atomic E-state index is 9.43. The number of hydrogen-bond acceptors (Lipinski definition) is 4. The number of aliphatic hydroxyl groups excluding tert-OH is 1. The van der Waals surface area contributed by atoms with E-state index in [-0.39, 0.29) is 0 Å². The van der Waals surface area contributed by atoms with Crippen LogP contribution in [-0.2, 0) is 4.84 Å². The van der Waals surface area contributed by atoms with Gasteiger partial charge in [0, 0.05) is 0 Å². The number of oxime groups is 1. The molecular formula is C9H11NO3. The van der Waals surface area contributed by atoms with Gasteiger partial charge in [-0.3, -0.25) is 0 Å². The Labute approximate surface area is 76.1 Å². The maximum Gasteiger partial charge on any atom is 0.154 e. The topological polar surface area (TPSA) is 55.0 Å². The van der Waals surface area contributed by atoms with Crippen LogP contribution in [0.3, 0.4) is 0 Å². The summed E-state index contributed by atoms with van der Waals surface area (Å²) in [4.78, 5) is 4.57. The van der Waals surface area contributed by atoms with E-state index in [0.29, 0.717) is 11.5 Å². The first-order valence-corrected chi connectivity index (χ1v) is 3.75. The molecule has 1 unspecified atom stereocenters. The van der Waals surface area contributed by atoms with Crippen molar-refractivity contribution in [2.75, 3.05) is 7.11 Å². The van der Waals surface area contributed by atoms with Crippen molar-refractivity contribution >= 4 is 5.71 Å². The third kappa shape index (κ3) is 2.19. The fourth-order valence-electron chi connectivity index (χ4n) is 0.879. The predicted molar refractivity (Wildman–Crippen MR) is 48.5 cm³/mol. The Bertz CT molecular complexity index is 290. The molecule has 70 valence electrons. The molecule has 0 bridgehead atoms. The summed E-state index contributed by atoms with van der Waals surface area (Å²) in [6.45, 7) is 3.45. The highest BCUT2D eigenvalue weighted by molar-refractivity contribution is 6.02. The van der Waals surface area contributed by atoms with Crippen LogP contribution in [-0.4, -0.2) is 24.0 Å². The Morgan fingerprint density at radius 2 is 2.62 bits per heavy atom. The largest absolute Gasteiger partial charge is 0.463 e. The average molecular weight is 181 g/mol. The monoisotopic (exact) mass is 181 g/mol. The van der Waals surface area contributed by atoms with Crippen LogP contribution in [0.1, 0.15) is 5.76 Å². The van der Waals surface area contributed by atoms with Gasteiger partial charge >= 0.3 is 0 Å². The molecule has 0 amide bonds. The molecule has 0 fully saturated rings. The highest BCUT2D eigenvalue weighted by atomic mass is 16.6. The maximum atomic E-state index is 9.43. The summed E-state index contributed by atoms with van der Waals surface area (Å²) < 4.78 is 5.05. The third-order valence-electron chi connectivity index (χ3n) is 1.47. The van der Waals surface area contributed by atoms with Crippen LogP contribution in [0.2, 0.25) is 0 Å². The van der Waals surface area contributed by atoms with E-state index in [1.54, 1.807) is 12.1 Å². The summed E-state index contributed by atoms with van der Waals surface area (Å²) in [6.07, 6.45) is 1.96. The lowest BCUT2D eigenvalue weighted by atomic mass is 10.2. The van der Waals surface area contributed by atoms with E-state index >= 15 is 0 Å². The van der Waals surface area contributed by atoms with Crippen LogP contribution in [0.15, 0.2) is 40.6 Å². The van der Waals surface area contributed by atoms with Crippen LogP contribution in [0.25, 0.3) is 0 Å². The third-order valence-corrected chi connectivity index (χ3v) is 1.47. The Morgan fingerprint density at radius 3 is 3.08 bits per heavy atom. The Hall–Kier alpha value is -1.55. The molecule has 0 radical (unpaired) electrons. The predicted octanol–water partition coefficient (Wildman–Crippen LogP) is 1.18. The van der Waals surface area contributed by atoms with Crippen LogP contribution in [0.4, 0.5) is 0 Å². The van der Waals surface area contributed by atoms with Gasteiger partial charge in [0.25, 0.3) is 0 Å². The average Bonchev–Trinajstić information content (AvgIpc) is 2.65. The lowest BCUT2D eigenvalue weighted by Crippen LogP contribution is -2.18. The zero-order chi connectivity index (χ0) is 9.68. The molecule has 0 aliphatic carbocycles. The van der Waals surface area contributed by atoms with Crippen molar-refractivity contribution in [1.82, 2.24) is 0 Å². The highest BCUT2D eigenvalue weighted by Crippen LogP contribution is 2.06. The summed E-state index contributed by atoms with van der Waals surface area (Å²) >= 11 is 0. The summed E-state index contributed by atoms with van der Waals surface area (Å²) in [5, 5.41) is 13.1. The smallest absolute Gasteiger partial charge is 0.154 e. The molecule has 1 heterocycles. The molecule has 1 aromatic rings. The van der Waals surface area contributed by atoms with Gasteiger partial charge in [0.2, 0.25) is 0 Å². The van der Waals surface area contributed by atoms with Gasteiger partial charge in [0.1, 0.15) is 13.2 Å². The molecule has 1 N–H and O–H groups in total. The molecule has 0 aromatic carbocycles. The second-order valence-electron chi connectivity index (χ2n) is 2.32. The second-order valence-corrected chi connectivity index (χ2v) is 2.32. The van der Waals surface area contributed by atoms with Crippen LogP contribution in [0.5, 0.6) is 0 Å². The van der Waals surface area contributed by atoms with Gasteiger partial charge in [-0.25, -0.2) is 0 Å². The highest BCUT2D eigenvalue weighted by Gasteiger charge is 2.14. The molecule has 1 atom stereocenters. The van der Waals surface area contributed by atoms with E-state index in [0.717, 1.165) is 0 Å². The molecule has 0 saturated heterocycles. The lowest BCUT2D eigenvalue weighted by Gasteiger charge is -2.05. The minimum Gasteiger partial charge on any atom is -0.463 e.